The Bertz CT molecular complexity index is 1400. The first kappa shape index (κ1) is 25.3. The molecule has 0 fully saturated rings. The highest BCUT2D eigenvalue weighted by Gasteiger charge is 2.39. The van der Waals surface area contributed by atoms with Gasteiger partial charge in [-0.3, -0.25) is 14.4 Å². The molecule has 0 atom stereocenters. The van der Waals surface area contributed by atoms with Gasteiger partial charge in [0.05, 0.1) is 17.5 Å². The molecule has 7 nitrogen and oxygen atoms in total. The van der Waals surface area contributed by atoms with Crippen LogP contribution in [0.3, 0.4) is 0 Å². The normalized spacial score (nSPS) is 13.4. The first-order valence-corrected chi connectivity index (χ1v) is 11.9. The Hall–Kier alpha value is -3.81. The fourth-order valence-corrected chi connectivity index (χ4v) is 4.05. The van der Waals surface area contributed by atoms with Crippen molar-refractivity contribution in [3.05, 3.63) is 93.6 Å². The number of hydrogen-bond donors (Lipinski definition) is 2. The molecule has 3 aromatic carbocycles. The number of hydrogen-bond acceptors (Lipinski definition) is 5. The van der Waals surface area contributed by atoms with Crippen molar-refractivity contribution in [2.45, 2.75) is 26.9 Å². The Balaban J connectivity index is 1.55. The van der Waals surface area contributed by atoms with Crippen molar-refractivity contribution >= 4 is 58.0 Å². The summed E-state index contributed by atoms with van der Waals surface area (Å²) in [6, 6.07) is 18.6. The van der Waals surface area contributed by atoms with Crippen molar-refractivity contribution in [1.82, 2.24) is 0 Å². The molecule has 36 heavy (non-hydrogen) atoms. The zero-order valence-electron chi connectivity index (χ0n) is 19.8. The molecule has 184 valence electrons. The van der Waals surface area contributed by atoms with Gasteiger partial charge in [-0.2, -0.15) is 0 Å². The number of para-hydroxylation sites is 2. The number of rotatable bonds is 7. The SMILES string of the molecule is Cc1c(Cl)cccc1N1C(=O)C(Cl)=C(Nc2cccc(C(=O)Nc3ccccc3OC(C)C)c2)C1=O. The molecule has 0 aromatic heterocycles. The fourth-order valence-electron chi connectivity index (χ4n) is 3.67. The molecule has 0 saturated heterocycles. The van der Waals surface area contributed by atoms with E-state index in [9.17, 15) is 14.4 Å². The number of benzene rings is 3. The minimum atomic E-state index is -0.662. The van der Waals surface area contributed by atoms with E-state index in [1.54, 1.807) is 67.6 Å². The lowest BCUT2D eigenvalue weighted by molar-refractivity contribution is -0.120. The maximum Gasteiger partial charge on any atom is 0.283 e. The standard InChI is InChI=1S/C27H23Cl2N3O4/c1-15(2)36-22-13-5-4-11-20(22)31-25(33)17-8-6-9-18(14-17)30-24-23(29)26(34)32(27(24)35)21-12-7-10-19(28)16(21)3/h4-15,30H,1-3H3,(H,31,33). The number of anilines is 3. The van der Waals surface area contributed by atoms with Crippen LogP contribution in [0.4, 0.5) is 17.1 Å². The van der Waals surface area contributed by atoms with Crippen molar-refractivity contribution in [3.63, 3.8) is 0 Å². The molecule has 0 spiro atoms. The van der Waals surface area contributed by atoms with Crippen LogP contribution in [-0.2, 0) is 9.59 Å². The topological polar surface area (TPSA) is 87.7 Å². The van der Waals surface area contributed by atoms with Gasteiger partial charge in [-0.05, 0) is 68.8 Å². The smallest absolute Gasteiger partial charge is 0.283 e. The summed E-state index contributed by atoms with van der Waals surface area (Å²) in [6.07, 6.45) is -0.0597. The van der Waals surface area contributed by atoms with Gasteiger partial charge < -0.3 is 15.4 Å². The molecule has 1 heterocycles. The number of ether oxygens (including phenoxy) is 1. The molecular formula is C27H23Cl2N3O4. The molecule has 0 unspecified atom stereocenters. The number of nitrogens with zero attached hydrogens (tertiary/aromatic N) is 1. The fraction of sp³-hybridized carbons (Fsp3) is 0.148. The molecule has 9 heteroatoms. The summed E-state index contributed by atoms with van der Waals surface area (Å²) in [7, 11) is 0. The van der Waals surface area contributed by atoms with Crippen LogP contribution in [0.25, 0.3) is 0 Å². The van der Waals surface area contributed by atoms with Gasteiger partial charge in [0.15, 0.2) is 0 Å². The van der Waals surface area contributed by atoms with E-state index in [0.717, 1.165) is 4.90 Å². The van der Waals surface area contributed by atoms with Crippen LogP contribution in [0.5, 0.6) is 5.75 Å². The third-order valence-electron chi connectivity index (χ3n) is 5.40. The first-order chi connectivity index (χ1) is 17.2. The molecule has 1 aliphatic rings. The monoisotopic (exact) mass is 523 g/mol. The van der Waals surface area contributed by atoms with Gasteiger partial charge in [0.2, 0.25) is 0 Å². The second kappa shape index (κ2) is 10.4. The lowest BCUT2D eigenvalue weighted by Crippen LogP contribution is -2.32. The molecule has 3 amide bonds. The highest BCUT2D eigenvalue weighted by atomic mass is 35.5. The van der Waals surface area contributed by atoms with Crippen molar-refractivity contribution in [2.24, 2.45) is 0 Å². The van der Waals surface area contributed by atoms with Crippen LogP contribution >= 0.6 is 23.2 Å². The maximum absolute atomic E-state index is 13.1. The number of imide groups is 1. The molecule has 0 aliphatic carbocycles. The van der Waals surface area contributed by atoms with Crippen LogP contribution < -0.4 is 20.3 Å². The Morgan fingerprint density at radius 3 is 2.42 bits per heavy atom. The van der Waals surface area contributed by atoms with E-state index >= 15 is 0 Å². The van der Waals surface area contributed by atoms with Gasteiger partial charge in [0, 0.05) is 16.3 Å². The van der Waals surface area contributed by atoms with E-state index < -0.39 is 11.8 Å². The third-order valence-corrected chi connectivity index (χ3v) is 6.16. The van der Waals surface area contributed by atoms with E-state index in [0.29, 0.717) is 39.0 Å². The van der Waals surface area contributed by atoms with E-state index in [2.05, 4.69) is 10.6 Å². The van der Waals surface area contributed by atoms with Gasteiger partial charge >= 0.3 is 0 Å². The summed E-state index contributed by atoms with van der Waals surface area (Å²) < 4.78 is 5.76. The second-order valence-electron chi connectivity index (χ2n) is 8.34. The van der Waals surface area contributed by atoms with E-state index in [1.807, 2.05) is 19.9 Å². The zero-order chi connectivity index (χ0) is 26.0. The molecule has 4 rings (SSSR count). The van der Waals surface area contributed by atoms with Gasteiger partial charge in [-0.15, -0.1) is 0 Å². The quantitative estimate of drug-likeness (QED) is 0.364. The number of halogens is 2. The largest absolute Gasteiger partial charge is 0.489 e. The van der Waals surface area contributed by atoms with Crippen molar-refractivity contribution in [3.8, 4) is 5.75 Å². The van der Waals surface area contributed by atoms with Gasteiger partial charge in [-0.1, -0.05) is 47.5 Å². The second-order valence-corrected chi connectivity index (χ2v) is 9.13. The average Bonchev–Trinajstić information content (AvgIpc) is 3.05. The van der Waals surface area contributed by atoms with Crippen LogP contribution in [0, 0.1) is 6.92 Å². The molecule has 0 saturated carbocycles. The minimum absolute atomic E-state index is 0.0597. The summed E-state index contributed by atoms with van der Waals surface area (Å²) in [5.41, 5.74) is 2.11. The Kier molecular flexibility index (Phi) is 7.33. The molecule has 1 aliphatic heterocycles. The number of amides is 3. The van der Waals surface area contributed by atoms with Crippen LogP contribution in [0.1, 0.15) is 29.8 Å². The molecular weight excluding hydrogens is 501 g/mol. The zero-order valence-corrected chi connectivity index (χ0v) is 21.3. The Labute approximate surface area is 218 Å². The predicted octanol–water partition coefficient (Wildman–Crippen LogP) is 6.12. The lowest BCUT2D eigenvalue weighted by Gasteiger charge is -2.18. The van der Waals surface area contributed by atoms with Crippen LogP contribution in [-0.4, -0.2) is 23.8 Å². The average molecular weight is 524 g/mol. The van der Waals surface area contributed by atoms with Crippen molar-refractivity contribution < 1.29 is 19.1 Å². The Morgan fingerprint density at radius 1 is 0.944 bits per heavy atom. The van der Waals surface area contributed by atoms with E-state index in [4.69, 9.17) is 27.9 Å². The summed E-state index contributed by atoms with van der Waals surface area (Å²) in [5.74, 6) is -1.10. The van der Waals surface area contributed by atoms with Gasteiger partial charge in [0.25, 0.3) is 17.7 Å². The highest BCUT2D eigenvalue weighted by Crippen LogP contribution is 2.34. The third kappa shape index (κ3) is 5.08. The molecule has 0 bridgehead atoms. The van der Waals surface area contributed by atoms with Crippen LogP contribution in [0.2, 0.25) is 5.02 Å². The summed E-state index contributed by atoms with van der Waals surface area (Å²) in [6.45, 7) is 5.51. The molecule has 3 aromatic rings. The first-order valence-electron chi connectivity index (χ1n) is 11.1. The summed E-state index contributed by atoms with van der Waals surface area (Å²) in [4.78, 5) is 39.9. The van der Waals surface area contributed by atoms with Crippen molar-refractivity contribution in [1.29, 1.82) is 0 Å². The molecule has 2 N–H and O–H groups in total. The minimum Gasteiger partial charge on any atom is -0.489 e. The van der Waals surface area contributed by atoms with Gasteiger partial charge in [-0.25, -0.2) is 4.90 Å². The number of carbonyl (C=O) groups excluding carboxylic acids is 3. The highest BCUT2D eigenvalue weighted by molar-refractivity contribution is 6.53. The van der Waals surface area contributed by atoms with E-state index in [-0.39, 0.29) is 22.7 Å². The van der Waals surface area contributed by atoms with Gasteiger partial charge in [0.1, 0.15) is 16.5 Å². The maximum atomic E-state index is 13.1. The summed E-state index contributed by atoms with van der Waals surface area (Å²) in [5, 5.41) is 5.91. The van der Waals surface area contributed by atoms with Crippen LogP contribution in [0.15, 0.2) is 77.5 Å². The lowest BCUT2D eigenvalue weighted by atomic mass is 10.1. The van der Waals surface area contributed by atoms with E-state index in [1.165, 1.54) is 0 Å². The Morgan fingerprint density at radius 2 is 1.67 bits per heavy atom. The predicted molar refractivity (Wildman–Crippen MR) is 142 cm³/mol. The van der Waals surface area contributed by atoms with Crippen molar-refractivity contribution in [2.75, 3.05) is 15.5 Å². The number of nitrogens with one attached hydrogen (secondary N) is 2. The molecule has 0 radical (unpaired) electrons. The summed E-state index contributed by atoms with van der Waals surface area (Å²) >= 11 is 12.4. The number of carbonyl (C=O) groups is 3.